The number of hydrogen-bond acceptors (Lipinski definition) is 11. The van der Waals surface area contributed by atoms with Crippen LogP contribution in [0.3, 0.4) is 0 Å². The van der Waals surface area contributed by atoms with Crippen LogP contribution in [0, 0.1) is 11.8 Å². The zero-order valence-electron chi connectivity index (χ0n) is 32.2. The molecule has 6 amide bonds. The number of aromatic nitrogens is 2. The van der Waals surface area contributed by atoms with Crippen LogP contribution in [0.5, 0.6) is 0 Å². The highest BCUT2D eigenvalue weighted by Crippen LogP contribution is 2.26. The van der Waals surface area contributed by atoms with Gasteiger partial charge in [-0.3, -0.25) is 38.5 Å². The molecule has 1 saturated heterocycles. The average Bonchev–Trinajstić information content (AvgIpc) is 3.60. The van der Waals surface area contributed by atoms with E-state index in [4.69, 9.17) is 9.84 Å². The molecule has 0 radical (unpaired) electrons. The molecule has 2 aliphatic heterocycles. The smallest absolute Gasteiger partial charge is 0.410 e. The molecule has 1 unspecified atom stereocenters. The fourth-order valence-electron chi connectivity index (χ4n) is 6.57. The standard InChI is InChI=1S/C38H50N8O10/c1-6-9-26(32(49)36(53)41-18-29(47)48)42-34(51)28-16-25(56-38(55)45-15-12-23-10-7-8-11-24(23)19-45)20-46(28)37(54)31(22(4)5)44-35(52)30(21(2)3)43-33(50)27-17-39-13-14-40-27/h7-8,10-11,13-14,17,21-22,25-26,28,30-31H,6,9,12,15-16,18-20H2,1-5H3,(H,41,53)(H,42,51)(H,43,50)(H,44,52)(H,47,48)/t25-,26?,28+,30-,31-/m1/s1. The minimum absolute atomic E-state index is 0.0121. The van der Waals surface area contributed by atoms with Gasteiger partial charge in [-0.2, -0.15) is 0 Å². The van der Waals surface area contributed by atoms with Crippen LogP contribution < -0.4 is 21.3 Å². The van der Waals surface area contributed by atoms with Gasteiger partial charge in [-0.15, -0.1) is 0 Å². The quantitative estimate of drug-likeness (QED) is 0.147. The van der Waals surface area contributed by atoms with Crippen LogP contribution in [0.25, 0.3) is 0 Å². The predicted molar refractivity (Wildman–Crippen MR) is 198 cm³/mol. The van der Waals surface area contributed by atoms with Gasteiger partial charge in [0.15, 0.2) is 0 Å². The second-order valence-electron chi connectivity index (χ2n) is 14.5. The molecule has 2 aromatic rings. The number of fused-ring (bicyclic) bond motifs is 1. The molecule has 1 aromatic carbocycles. The molecule has 3 heterocycles. The summed E-state index contributed by atoms with van der Waals surface area (Å²) in [5.74, 6) is -7.39. The Balaban J connectivity index is 1.56. The lowest BCUT2D eigenvalue weighted by atomic mass is 9.98. The molecule has 0 aliphatic carbocycles. The first-order valence-electron chi connectivity index (χ1n) is 18.6. The molecule has 0 bridgehead atoms. The second kappa shape index (κ2) is 19.6. The van der Waals surface area contributed by atoms with Gasteiger partial charge in [-0.1, -0.05) is 65.3 Å². The molecule has 1 fully saturated rings. The summed E-state index contributed by atoms with van der Waals surface area (Å²) >= 11 is 0. The monoisotopic (exact) mass is 778 g/mol. The van der Waals surface area contributed by atoms with Crippen molar-refractivity contribution >= 4 is 47.4 Å². The van der Waals surface area contributed by atoms with E-state index >= 15 is 0 Å². The van der Waals surface area contributed by atoms with Gasteiger partial charge in [0, 0.05) is 31.9 Å². The zero-order valence-corrected chi connectivity index (χ0v) is 32.2. The second-order valence-corrected chi connectivity index (χ2v) is 14.5. The fourth-order valence-corrected chi connectivity index (χ4v) is 6.57. The van der Waals surface area contributed by atoms with Gasteiger partial charge in [0.2, 0.25) is 23.5 Å². The molecular weight excluding hydrogens is 728 g/mol. The lowest BCUT2D eigenvalue weighted by molar-refractivity contribution is -0.145. The SMILES string of the molecule is CCCC(NC(=O)[C@@H]1C[C@@H](OC(=O)N2CCc3ccccc3C2)CN1C(=O)[C@H](NC(=O)[C@H](NC(=O)c1cnccn1)C(C)C)C(C)C)C(=O)C(=O)NCC(=O)O. The molecule has 5 N–H and O–H groups in total. The maximum Gasteiger partial charge on any atom is 0.410 e. The molecule has 5 atom stereocenters. The molecule has 2 aliphatic rings. The number of hydrogen-bond donors (Lipinski definition) is 5. The van der Waals surface area contributed by atoms with Gasteiger partial charge >= 0.3 is 12.1 Å². The number of ketones is 1. The van der Waals surface area contributed by atoms with Crippen LogP contribution in [0.15, 0.2) is 42.9 Å². The van der Waals surface area contributed by atoms with E-state index < -0.39 is 96.0 Å². The van der Waals surface area contributed by atoms with Crippen molar-refractivity contribution in [1.82, 2.24) is 41.0 Å². The predicted octanol–water partition coefficient (Wildman–Crippen LogP) is 0.591. The number of amides is 6. The van der Waals surface area contributed by atoms with Gasteiger partial charge in [-0.05, 0) is 35.8 Å². The number of aliphatic carboxylic acids is 1. The van der Waals surface area contributed by atoms with Crippen molar-refractivity contribution in [3.8, 4) is 0 Å². The van der Waals surface area contributed by atoms with E-state index in [-0.39, 0.29) is 25.1 Å². The average molecular weight is 779 g/mol. The maximum atomic E-state index is 14.4. The summed E-state index contributed by atoms with van der Waals surface area (Å²) in [5.41, 5.74) is 2.08. The Labute approximate surface area is 324 Å². The van der Waals surface area contributed by atoms with Crippen molar-refractivity contribution in [3.05, 3.63) is 59.7 Å². The minimum Gasteiger partial charge on any atom is -0.480 e. The fraction of sp³-hybridized carbons (Fsp3) is 0.526. The Morgan fingerprint density at radius 2 is 1.62 bits per heavy atom. The molecular formula is C38H50N8O10. The third-order valence-electron chi connectivity index (χ3n) is 9.60. The van der Waals surface area contributed by atoms with Crippen LogP contribution in [-0.2, 0) is 46.5 Å². The molecule has 0 spiro atoms. The molecule has 1 aromatic heterocycles. The number of Topliss-reactive ketones (excluding diaryl/α,β-unsaturated/α-hetero) is 1. The van der Waals surface area contributed by atoms with Crippen molar-refractivity contribution in [2.45, 2.75) is 97.1 Å². The molecule has 4 rings (SSSR count). The number of carbonyl (C=O) groups excluding carboxylic acids is 7. The number of ether oxygens (including phenoxy) is 1. The molecule has 18 heteroatoms. The van der Waals surface area contributed by atoms with Crippen molar-refractivity contribution in [2.75, 3.05) is 19.6 Å². The number of likely N-dealkylation sites (tertiary alicyclic amines) is 1. The van der Waals surface area contributed by atoms with Crippen LogP contribution in [0.1, 0.15) is 75.5 Å². The number of nitrogens with one attached hydrogen (secondary N) is 4. The molecule has 18 nitrogen and oxygen atoms in total. The van der Waals surface area contributed by atoms with Gasteiger partial charge < -0.3 is 40.9 Å². The van der Waals surface area contributed by atoms with E-state index in [9.17, 15) is 38.4 Å². The highest BCUT2D eigenvalue weighted by molar-refractivity contribution is 6.38. The third-order valence-corrected chi connectivity index (χ3v) is 9.60. The Morgan fingerprint density at radius 1 is 0.929 bits per heavy atom. The largest absolute Gasteiger partial charge is 0.480 e. The first-order valence-corrected chi connectivity index (χ1v) is 18.6. The summed E-state index contributed by atoms with van der Waals surface area (Å²) in [6.07, 6.45) is 3.23. The van der Waals surface area contributed by atoms with Gasteiger partial charge in [-0.25, -0.2) is 9.78 Å². The minimum atomic E-state index is -1.36. The number of carboxylic acid groups (broad SMARTS) is 1. The van der Waals surface area contributed by atoms with Crippen LogP contribution >= 0.6 is 0 Å². The van der Waals surface area contributed by atoms with Crippen LogP contribution in [0.4, 0.5) is 4.79 Å². The summed E-state index contributed by atoms with van der Waals surface area (Å²) in [6, 6.07) is 2.77. The van der Waals surface area contributed by atoms with E-state index in [1.807, 2.05) is 29.6 Å². The van der Waals surface area contributed by atoms with Gasteiger partial charge in [0.05, 0.1) is 18.8 Å². The van der Waals surface area contributed by atoms with Gasteiger partial charge in [0.25, 0.3) is 11.8 Å². The zero-order chi connectivity index (χ0) is 41.1. The molecule has 0 saturated carbocycles. The summed E-state index contributed by atoms with van der Waals surface area (Å²) in [6.45, 7) is 8.20. The van der Waals surface area contributed by atoms with E-state index in [1.165, 1.54) is 28.4 Å². The van der Waals surface area contributed by atoms with Gasteiger partial charge in [0.1, 0.15) is 36.5 Å². The van der Waals surface area contributed by atoms with E-state index in [0.29, 0.717) is 25.9 Å². The van der Waals surface area contributed by atoms with Crippen LogP contribution in [0.2, 0.25) is 0 Å². The van der Waals surface area contributed by atoms with Crippen LogP contribution in [-0.4, -0.2) is 122 Å². The normalized spacial score (nSPS) is 17.9. The van der Waals surface area contributed by atoms with E-state index in [0.717, 1.165) is 11.1 Å². The highest BCUT2D eigenvalue weighted by atomic mass is 16.6. The Hall–Kier alpha value is -5.94. The summed E-state index contributed by atoms with van der Waals surface area (Å²) in [5, 5.41) is 18.9. The first-order chi connectivity index (χ1) is 26.6. The van der Waals surface area contributed by atoms with E-state index in [1.54, 1.807) is 34.6 Å². The summed E-state index contributed by atoms with van der Waals surface area (Å²) < 4.78 is 5.88. The third kappa shape index (κ3) is 11.1. The van der Waals surface area contributed by atoms with Crippen molar-refractivity contribution in [2.24, 2.45) is 11.8 Å². The van der Waals surface area contributed by atoms with Crippen molar-refractivity contribution < 1.29 is 48.2 Å². The van der Waals surface area contributed by atoms with Crippen molar-refractivity contribution in [3.63, 3.8) is 0 Å². The number of nitrogens with zero attached hydrogens (tertiary/aromatic N) is 4. The topological polar surface area (TPSA) is 246 Å². The lowest BCUT2D eigenvalue weighted by Gasteiger charge is -2.32. The molecule has 302 valence electrons. The Morgan fingerprint density at radius 3 is 2.25 bits per heavy atom. The lowest BCUT2D eigenvalue weighted by Crippen LogP contribution is -2.60. The first kappa shape index (κ1) is 42.8. The summed E-state index contributed by atoms with van der Waals surface area (Å²) in [4.78, 5) is 116. The maximum absolute atomic E-state index is 14.4. The highest BCUT2D eigenvalue weighted by Gasteiger charge is 2.46. The Bertz CT molecular complexity index is 1790. The number of rotatable bonds is 16. The summed E-state index contributed by atoms with van der Waals surface area (Å²) in [7, 11) is 0. The molecule has 56 heavy (non-hydrogen) atoms. The number of carbonyl (C=O) groups is 8. The van der Waals surface area contributed by atoms with E-state index in [2.05, 4.69) is 25.9 Å². The number of carboxylic acids is 1. The Kier molecular flexibility index (Phi) is 15.0. The van der Waals surface area contributed by atoms with Crippen molar-refractivity contribution in [1.29, 1.82) is 0 Å². The number of benzene rings is 1.